The molecule has 0 radical (unpaired) electrons. The van der Waals surface area contributed by atoms with Crippen LogP contribution in [0, 0.1) is 11.3 Å². The smallest absolute Gasteiger partial charge is 0.419 e. The zero-order valence-corrected chi connectivity index (χ0v) is 10.2. The van der Waals surface area contributed by atoms with Crippen molar-refractivity contribution in [2.24, 2.45) is 0 Å². The van der Waals surface area contributed by atoms with E-state index >= 15 is 0 Å². The van der Waals surface area contributed by atoms with Crippen molar-refractivity contribution in [3.05, 3.63) is 29.3 Å². The second-order valence-corrected chi connectivity index (χ2v) is 3.84. The Bertz CT molecular complexity index is 440. The maximum atomic E-state index is 12.8. The van der Waals surface area contributed by atoms with Gasteiger partial charge in [-0.3, -0.25) is 0 Å². The van der Waals surface area contributed by atoms with Crippen molar-refractivity contribution in [2.45, 2.75) is 24.9 Å². The molecule has 0 fully saturated rings. The Morgan fingerprint density at radius 2 is 2.06 bits per heavy atom. The zero-order chi connectivity index (χ0) is 13.6. The Balaban J connectivity index is 2.86. The van der Waals surface area contributed by atoms with Crippen LogP contribution in [-0.2, 0) is 12.1 Å². The van der Waals surface area contributed by atoms with E-state index in [0.717, 1.165) is 6.07 Å². The molecule has 1 aromatic carbocycles. The molecule has 2 nitrogen and oxygen atoms in total. The highest BCUT2D eigenvalue weighted by Gasteiger charge is 2.34. The number of nitriles is 1. The summed E-state index contributed by atoms with van der Waals surface area (Å²) in [7, 11) is 0. The summed E-state index contributed by atoms with van der Waals surface area (Å²) in [5, 5.41) is 8.32. The molecule has 0 spiro atoms. The van der Waals surface area contributed by atoms with Gasteiger partial charge in [-0.05, 0) is 24.1 Å². The molecular formula is C12H11ClF3NO. The van der Waals surface area contributed by atoms with Crippen molar-refractivity contribution in [1.29, 1.82) is 5.26 Å². The summed E-state index contributed by atoms with van der Waals surface area (Å²) in [5.41, 5.74) is -0.453. The third kappa shape index (κ3) is 4.11. The van der Waals surface area contributed by atoms with Gasteiger partial charge in [-0.25, -0.2) is 0 Å². The molecule has 0 saturated heterocycles. The first-order chi connectivity index (χ1) is 8.49. The van der Waals surface area contributed by atoms with Crippen LogP contribution in [0.5, 0.6) is 5.75 Å². The molecule has 1 rings (SSSR count). The molecule has 0 aliphatic rings. The highest BCUT2D eigenvalue weighted by Crippen LogP contribution is 2.37. The van der Waals surface area contributed by atoms with E-state index in [0.29, 0.717) is 12.0 Å². The zero-order valence-electron chi connectivity index (χ0n) is 9.43. The summed E-state index contributed by atoms with van der Waals surface area (Å²) in [6, 6.07) is 5.62. The van der Waals surface area contributed by atoms with Gasteiger partial charge in [-0.1, -0.05) is 6.07 Å². The van der Waals surface area contributed by atoms with Crippen molar-refractivity contribution >= 4 is 11.6 Å². The fraction of sp³-hybridized carbons (Fsp3) is 0.417. The van der Waals surface area contributed by atoms with Crippen molar-refractivity contribution in [2.75, 3.05) is 6.61 Å². The first kappa shape index (κ1) is 14.7. The molecule has 1 aromatic rings. The molecule has 0 bridgehead atoms. The number of nitrogens with zero attached hydrogens (tertiary/aromatic N) is 1. The molecule has 0 N–H and O–H groups in total. The minimum Gasteiger partial charge on any atom is -0.493 e. The van der Waals surface area contributed by atoms with Gasteiger partial charge in [0.2, 0.25) is 0 Å². The van der Waals surface area contributed by atoms with Crippen molar-refractivity contribution in [3.63, 3.8) is 0 Å². The third-order valence-electron chi connectivity index (χ3n) is 2.19. The lowest BCUT2D eigenvalue weighted by molar-refractivity contribution is -0.139. The highest BCUT2D eigenvalue weighted by molar-refractivity contribution is 6.17. The number of ether oxygens (including phenoxy) is 1. The van der Waals surface area contributed by atoms with Gasteiger partial charge in [0.15, 0.2) is 0 Å². The average molecular weight is 278 g/mol. The summed E-state index contributed by atoms with van der Waals surface area (Å²) in [5.74, 6) is -0.216. The SMILES string of the molecule is N#CCCCOc1ccc(CCl)cc1C(F)(F)F. The van der Waals surface area contributed by atoms with E-state index in [9.17, 15) is 13.2 Å². The van der Waals surface area contributed by atoms with Gasteiger partial charge in [0.25, 0.3) is 0 Å². The lowest BCUT2D eigenvalue weighted by Crippen LogP contribution is -2.10. The molecule has 0 aliphatic carbocycles. The molecule has 0 aromatic heterocycles. The van der Waals surface area contributed by atoms with Crippen LogP contribution < -0.4 is 4.74 Å². The van der Waals surface area contributed by atoms with Gasteiger partial charge in [-0.15, -0.1) is 11.6 Å². The van der Waals surface area contributed by atoms with Crippen LogP contribution in [-0.4, -0.2) is 6.61 Å². The molecule has 0 heterocycles. The molecule has 0 amide bonds. The Morgan fingerprint density at radius 3 is 2.61 bits per heavy atom. The number of unbranched alkanes of at least 4 members (excludes halogenated alkanes) is 1. The lowest BCUT2D eigenvalue weighted by atomic mass is 10.1. The lowest BCUT2D eigenvalue weighted by Gasteiger charge is -2.14. The second-order valence-electron chi connectivity index (χ2n) is 3.57. The minimum absolute atomic E-state index is 0.0117. The molecule has 0 atom stereocenters. The van der Waals surface area contributed by atoms with Crippen LogP contribution >= 0.6 is 11.6 Å². The largest absolute Gasteiger partial charge is 0.493 e. The van der Waals surface area contributed by atoms with E-state index in [1.807, 2.05) is 6.07 Å². The second kappa shape index (κ2) is 6.50. The molecule has 0 aliphatic heterocycles. The topological polar surface area (TPSA) is 33.0 Å². The van der Waals surface area contributed by atoms with Gasteiger partial charge < -0.3 is 4.74 Å². The third-order valence-corrected chi connectivity index (χ3v) is 2.50. The molecule has 98 valence electrons. The quantitative estimate of drug-likeness (QED) is 0.599. The monoisotopic (exact) mass is 277 g/mol. The Kier molecular flexibility index (Phi) is 5.29. The predicted octanol–water partition coefficient (Wildman–Crippen LogP) is 4.13. The Labute approximate surface area is 108 Å². The highest BCUT2D eigenvalue weighted by atomic mass is 35.5. The van der Waals surface area contributed by atoms with Crippen LogP contribution in [0.1, 0.15) is 24.0 Å². The summed E-state index contributed by atoms with van der Waals surface area (Å²) in [6.45, 7) is 0.0802. The maximum Gasteiger partial charge on any atom is 0.419 e. The Morgan fingerprint density at radius 1 is 1.33 bits per heavy atom. The van der Waals surface area contributed by atoms with Crippen LogP contribution in [0.25, 0.3) is 0 Å². The summed E-state index contributed by atoms with van der Waals surface area (Å²) in [4.78, 5) is 0. The van der Waals surface area contributed by atoms with Gasteiger partial charge in [0, 0.05) is 12.3 Å². The maximum absolute atomic E-state index is 12.8. The van der Waals surface area contributed by atoms with E-state index < -0.39 is 11.7 Å². The van der Waals surface area contributed by atoms with E-state index in [2.05, 4.69) is 0 Å². The number of alkyl halides is 4. The van der Waals surface area contributed by atoms with E-state index in [1.165, 1.54) is 12.1 Å². The summed E-state index contributed by atoms with van der Waals surface area (Å²) < 4.78 is 43.3. The standard InChI is InChI=1S/C12H11ClF3NO/c13-8-9-3-4-11(18-6-2-1-5-17)10(7-9)12(14,15)16/h3-4,7H,1-2,6,8H2. The average Bonchev–Trinajstić information content (AvgIpc) is 2.33. The normalized spacial score (nSPS) is 11.1. The number of halogens is 4. The van der Waals surface area contributed by atoms with Crippen molar-refractivity contribution < 1.29 is 17.9 Å². The fourth-order valence-corrected chi connectivity index (χ4v) is 1.51. The number of rotatable bonds is 5. The molecular weight excluding hydrogens is 267 g/mol. The molecule has 18 heavy (non-hydrogen) atoms. The molecule has 0 unspecified atom stereocenters. The predicted molar refractivity (Wildman–Crippen MR) is 61.3 cm³/mol. The van der Waals surface area contributed by atoms with Crippen molar-refractivity contribution in [3.8, 4) is 11.8 Å². The minimum atomic E-state index is -4.48. The Hall–Kier alpha value is -1.41. The first-order valence-electron chi connectivity index (χ1n) is 5.25. The van der Waals surface area contributed by atoms with Gasteiger partial charge in [0.05, 0.1) is 18.2 Å². The van der Waals surface area contributed by atoms with E-state index in [-0.39, 0.29) is 24.7 Å². The first-order valence-corrected chi connectivity index (χ1v) is 5.78. The van der Waals surface area contributed by atoms with E-state index in [1.54, 1.807) is 0 Å². The fourth-order valence-electron chi connectivity index (χ4n) is 1.34. The van der Waals surface area contributed by atoms with Crippen LogP contribution in [0.3, 0.4) is 0 Å². The van der Waals surface area contributed by atoms with Crippen molar-refractivity contribution in [1.82, 2.24) is 0 Å². The number of benzene rings is 1. The number of hydrogen-bond acceptors (Lipinski definition) is 2. The van der Waals surface area contributed by atoms with Crippen LogP contribution in [0.2, 0.25) is 0 Å². The van der Waals surface area contributed by atoms with Gasteiger partial charge in [-0.2, -0.15) is 18.4 Å². The summed E-state index contributed by atoms with van der Waals surface area (Å²) >= 11 is 5.50. The van der Waals surface area contributed by atoms with Gasteiger partial charge in [0.1, 0.15) is 5.75 Å². The number of hydrogen-bond donors (Lipinski definition) is 0. The molecule has 0 saturated carbocycles. The summed E-state index contributed by atoms with van der Waals surface area (Å²) in [6.07, 6.45) is -3.83. The van der Waals surface area contributed by atoms with E-state index in [4.69, 9.17) is 21.6 Å². The van der Waals surface area contributed by atoms with Crippen LogP contribution in [0.4, 0.5) is 13.2 Å². The van der Waals surface area contributed by atoms with Crippen LogP contribution in [0.15, 0.2) is 18.2 Å². The molecule has 6 heteroatoms. The van der Waals surface area contributed by atoms with Gasteiger partial charge >= 0.3 is 6.18 Å².